The fraction of sp³-hybridized carbons (Fsp3) is 0.492. The van der Waals surface area contributed by atoms with Gasteiger partial charge < -0.3 is 59.7 Å². The van der Waals surface area contributed by atoms with Crippen LogP contribution in [0.3, 0.4) is 0 Å². The molecule has 0 aliphatic heterocycles. The number of hydrogen-bond acceptors (Lipinski definition) is 12. The lowest BCUT2D eigenvalue weighted by molar-refractivity contribution is -0.211. The van der Waals surface area contributed by atoms with Gasteiger partial charge >= 0.3 is 12.2 Å². The first-order chi connectivity index (χ1) is 39.7. The fourth-order valence-electron chi connectivity index (χ4n) is 14.4. The molecule has 4 aromatic rings. The van der Waals surface area contributed by atoms with Crippen molar-refractivity contribution in [2.24, 2.45) is 47.3 Å². The van der Waals surface area contributed by atoms with Crippen molar-refractivity contribution in [1.29, 1.82) is 0 Å². The average molecular weight is 1140 g/mol. The normalized spacial score (nSPS) is 24.4. The summed E-state index contributed by atoms with van der Waals surface area (Å²) in [5.74, 6) is -3.81. The highest BCUT2D eigenvalue weighted by Crippen LogP contribution is 2.87. The first kappa shape index (κ1) is 59.8. The molecule has 83 heavy (non-hydrogen) atoms. The topological polar surface area (TPSA) is 239 Å². The van der Waals surface area contributed by atoms with E-state index in [4.69, 9.17) is 9.47 Å². The Morgan fingerprint density at radius 3 is 1.12 bits per heavy atom. The van der Waals surface area contributed by atoms with Crippen molar-refractivity contribution in [3.8, 4) is 0 Å². The molecule has 2 bridgehead atoms. The molecule has 442 valence electrons. The van der Waals surface area contributed by atoms with Gasteiger partial charge in [-0.3, -0.25) is 28.8 Å². The number of carbonyl (C=O) groups is 8. The minimum Gasteiger partial charge on any atom is -0.445 e. The molecule has 9 rings (SSSR count). The maximum atomic E-state index is 14.2. The Hall–Kier alpha value is -7.84. The first-order valence-corrected chi connectivity index (χ1v) is 28.7. The van der Waals surface area contributed by atoms with Crippen LogP contribution in [0.1, 0.15) is 56.4 Å². The van der Waals surface area contributed by atoms with Crippen LogP contribution in [0.25, 0.3) is 0 Å². The molecule has 5 aliphatic rings. The van der Waals surface area contributed by atoms with Crippen LogP contribution in [0.4, 0.5) is 9.59 Å². The van der Waals surface area contributed by atoms with Crippen molar-refractivity contribution in [3.05, 3.63) is 144 Å². The molecule has 4 N–H and O–H groups in total. The van der Waals surface area contributed by atoms with E-state index in [-0.39, 0.29) is 126 Å². The highest BCUT2D eigenvalue weighted by atomic mass is 16.6. The summed E-state index contributed by atoms with van der Waals surface area (Å²) in [5, 5.41) is 31.5. The Labute approximate surface area is 485 Å². The minimum atomic E-state index is -1.35. The summed E-state index contributed by atoms with van der Waals surface area (Å²) in [6.45, 7) is 4.87. The Kier molecular flexibility index (Phi) is 18.2. The molecule has 0 radical (unpaired) electrons. The molecule has 0 spiro atoms. The van der Waals surface area contributed by atoms with E-state index in [1.54, 1.807) is 27.7 Å². The van der Waals surface area contributed by atoms with Gasteiger partial charge in [-0.25, -0.2) is 9.59 Å². The van der Waals surface area contributed by atoms with Gasteiger partial charge in [0.1, 0.15) is 39.4 Å². The van der Waals surface area contributed by atoms with Gasteiger partial charge in [0.2, 0.25) is 35.4 Å². The summed E-state index contributed by atoms with van der Waals surface area (Å²) in [5.41, 5.74) is 0.391. The Morgan fingerprint density at radius 2 is 0.795 bits per heavy atom. The number of likely N-dealkylation sites (N-methyl/N-ethyl adjacent to an activating group) is 2. The number of nitrogens with zero attached hydrogens (tertiary/aromatic N) is 6. The number of benzene rings is 4. The van der Waals surface area contributed by atoms with Crippen molar-refractivity contribution in [2.75, 3.05) is 66.5 Å². The van der Waals surface area contributed by atoms with E-state index >= 15 is 0 Å². The van der Waals surface area contributed by atoms with Gasteiger partial charge in [0.25, 0.3) is 0 Å². The third-order valence-corrected chi connectivity index (χ3v) is 18.0. The quantitative estimate of drug-likeness (QED) is 0.0695. The van der Waals surface area contributed by atoms with Crippen LogP contribution in [0.15, 0.2) is 121 Å². The number of nitrogens with one attached hydrogen (secondary N) is 2. The van der Waals surface area contributed by atoms with Gasteiger partial charge in [0, 0.05) is 52.4 Å². The second kappa shape index (κ2) is 25.3. The molecule has 5 saturated carbocycles. The van der Waals surface area contributed by atoms with Crippen molar-refractivity contribution < 1.29 is 58.0 Å². The molecule has 5 fully saturated rings. The van der Waals surface area contributed by atoms with Gasteiger partial charge in [0.15, 0.2) is 0 Å². The van der Waals surface area contributed by atoms with E-state index in [0.29, 0.717) is 0 Å². The second-order valence-corrected chi connectivity index (χ2v) is 23.9. The zero-order valence-corrected chi connectivity index (χ0v) is 48.2. The third-order valence-electron chi connectivity index (χ3n) is 18.0. The predicted octanol–water partition coefficient (Wildman–Crippen LogP) is 4.14. The van der Waals surface area contributed by atoms with E-state index in [1.165, 1.54) is 33.7 Å². The predicted molar refractivity (Wildman–Crippen MR) is 304 cm³/mol. The van der Waals surface area contributed by atoms with Crippen LogP contribution in [0.5, 0.6) is 0 Å². The summed E-state index contributed by atoms with van der Waals surface area (Å²) < 4.78 is 10.8. The van der Waals surface area contributed by atoms with Gasteiger partial charge in [-0.2, -0.15) is 0 Å². The van der Waals surface area contributed by atoms with Gasteiger partial charge in [-0.05, 0) is 104 Å². The van der Waals surface area contributed by atoms with Crippen LogP contribution in [-0.2, 0) is 64.5 Å². The smallest absolute Gasteiger partial charge is 0.410 e. The molecular formula is C63H78N8O12. The summed E-state index contributed by atoms with van der Waals surface area (Å²) in [7, 11) is 2.89. The van der Waals surface area contributed by atoms with E-state index in [0.717, 1.165) is 38.5 Å². The Balaban J connectivity index is 0.811. The van der Waals surface area contributed by atoms with Crippen LogP contribution in [-0.4, -0.2) is 177 Å². The van der Waals surface area contributed by atoms with E-state index in [2.05, 4.69) is 10.6 Å². The second-order valence-electron chi connectivity index (χ2n) is 23.9. The fourth-order valence-corrected chi connectivity index (χ4v) is 14.4. The summed E-state index contributed by atoms with van der Waals surface area (Å²) in [6, 6.07) is 35.7. The number of aliphatic hydroxyl groups is 2. The minimum absolute atomic E-state index is 0.0264. The molecule has 10 atom stereocenters. The van der Waals surface area contributed by atoms with Crippen LogP contribution < -0.4 is 10.6 Å². The largest absolute Gasteiger partial charge is 0.445 e. The molecule has 8 amide bonds. The van der Waals surface area contributed by atoms with Gasteiger partial charge in [0.05, 0.1) is 24.3 Å². The number of carbonyl (C=O) groups excluding carboxylic acids is 8. The first-order valence-electron chi connectivity index (χ1n) is 28.7. The molecule has 0 heterocycles. The van der Waals surface area contributed by atoms with Crippen molar-refractivity contribution in [2.45, 2.75) is 83.7 Å². The Bertz CT molecular complexity index is 2790. The van der Waals surface area contributed by atoms with Gasteiger partial charge in [-0.1, -0.05) is 121 Å². The molecule has 0 unspecified atom stereocenters. The maximum Gasteiger partial charge on any atom is 0.410 e. The monoisotopic (exact) mass is 1140 g/mol. The highest BCUT2D eigenvalue weighted by Gasteiger charge is 2.90. The van der Waals surface area contributed by atoms with Crippen LogP contribution in [0, 0.1) is 47.3 Å². The lowest BCUT2D eigenvalue weighted by Crippen LogP contribution is -2.69. The maximum absolute atomic E-state index is 14.2. The number of ether oxygens (including phenoxy) is 2. The number of fused-ring (bicyclic) bond motifs is 2. The number of hydrogen-bond donors (Lipinski definition) is 4. The molecule has 20 nitrogen and oxygen atoms in total. The summed E-state index contributed by atoms with van der Waals surface area (Å²) >= 11 is 0. The molecule has 0 saturated heterocycles. The zero-order chi connectivity index (χ0) is 59.3. The highest BCUT2D eigenvalue weighted by molar-refractivity contribution is 5.91. The molecule has 4 aromatic carbocycles. The standard InChI is InChI=1S/C63H78N8O12/c1-40(2)70(52(76)32-66(5)60(78)82-36-44-23-15-9-16-24-44)34-50(74)68(28-42-19-11-7-12-20-42)30-48(72)64-38-62(80)56-46-27-47-55-54(46)58(62)59(55)63(81,57(47)56)39-65-49(73)31-69(29-43-21-13-8-14-22-43)51(75)35-71(41(3)4)53(77)33-67(6)61(79)83-37-45-25-17-10-18-26-45/h7-26,40-41,46-47,54-59,80-81H,27-39H2,1-6H3,(H,64,72)(H,65,73)/t46-,47+,54+,55-,56-,57+,58+,59-,62+,63-. The molecule has 0 aromatic heterocycles. The summed E-state index contributed by atoms with van der Waals surface area (Å²) in [4.78, 5) is 118. The SMILES string of the molecule is CC(C)N(CC(=O)N(CC(=O)NC[C@]1(O)[C@@H]2[C@@H]3[C@@H]4C[C@@H]5[C@@H]3[C@@H]2[C@](O)(CNC(=O)CN(Cc2ccccc2)C(=O)CN(C(=O)CN(C)C(=O)OCc2ccccc2)C(C)C)[C@H]5[C@H]41)Cc1ccccc1)C(=O)CN(C)C(=O)OCc1ccccc1. The van der Waals surface area contributed by atoms with Crippen molar-refractivity contribution in [3.63, 3.8) is 0 Å². The molecular weight excluding hydrogens is 1060 g/mol. The van der Waals surface area contributed by atoms with E-state index < -0.39 is 70.9 Å². The van der Waals surface area contributed by atoms with E-state index in [9.17, 15) is 48.6 Å². The van der Waals surface area contributed by atoms with Gasteiger partial charge in [-0.15, -0.1) is 0 Å². The van der Waals surface area contributed by atoms with Crippen molar-refractivity contribution >= 4 is 47.6 Å². The van der Waals surface area contributed by atoms with Crippen molar-refractivity contribution in [1.82, 2.24) is 40.0 Å². The lowest BCUT2D eigenvalue weighted by Gasteiger charge is -2.57. The third kappa shape index (κ3) is 12.7. The van der Waals surface area contributed by atoms with Crippen LogP contribution in [0.2, 0.25) is 0 Å². The molecule has 20 heteroatoms. The van der Waals surface area contributed by atoms with E-state index in [1.807, 2.05) is 121 Å². The van der Waals surface area contributed by atoms with Crippen LogP contribution >= 0.6 is 0 Å². The Morgan fingerprint density at radius 1 is 0.470 bits per heavy atom. The average Bonchev–Trinajstić information content (AvgIpc) is 1.46. The summed E-state index contributed by atoms with van der Waals surface area (Å²) in [6.07, 6.45) is -0.574. The number of amides is 8. The zero-order valence-electron chi connectivity index (χ0n) is 48.2. The lowest BCUT2D eigenvalue weighted by atomic mass is 9.51. The molecule has 5 aliphatic carbocycles. The number of rotatable bonds is 26.